The molecule has 5 rings (SSSR count). The second-order valence-electron chi connectivity index (χ2n) is 7.77. The first kappa shape index (κ1) is 17.0. The van der Waals surface area contributed by atoms with Crippen molar-refractivity contribution in [3.05, 3.63) is 39.4 Å². The lowest BCUT2D eigenvalue weighted by molar-refractivity contribution is 0.533. The third-order valence-electron chi connectivity index (χ3n) is 6.12. The largest absolute Gasteiger partial charge is 0.357 e. The van der Waals surface area contributed by atoms with Crippen molar-refractivity contribution in [2.75, 3.05) is 36.0 Å². The normalized spacial score (nSPS) is 21.7. The van der Waals surface area contributed by atoms with Gasteiger partial charge in [-0.05, 0) is 0 Å². The quantitative estimate of drug-likeness (QED) is 0.580. The Morgan fingerprint density at radius 1 is 0.929 bits per heavy atom. The van der Waals surface area contributed by atoms with Crippen molar-refractivity contribution in [2.24, 2.45) is 33.0 Å². The molecule has 2 aliphatic heterocycles. The molecule has 2 unspecified atom stereocenters. The van der Waals surface area contributed by atoms with Crippen LogP contribution in [0, 0.1) is 11.8 Å². The molecule has 2 fully saturated rings. The fourth-order valence-electron chi connectivity index (χ4n) is 4.58. The standard InChI is InChI=1S/C18H22N8O2/c1-22-14(4-15(27)23(2)18(22)28)25-6-11-8-26(9-12(11)7-25)17-13-5-21-24(3)16(13)19-10-20-17/h4-5,10-12H,6-9H2,1-3H3. The van der Waals surface area contributed by atoms with Crippen LogP contribution in [-0.2, 0) is 21.1 Å². The van der Waals surface area contributed by atoms with E-state index in [9.17, 15) is 9.59 Å². The zero-order valence-corrected chi connectivity index (χ0v) is 16.1. The molecule has 2 saturated heterocycles. The number of aryl methyl sites for hydroxylation is 1. The van der Waals surface area contributed by atoms with Crippen molar-refractivity contribution in [2.45, 2.75) is 0 Å². The van der Waals surface area contributed by atoms with Crippen LogP contribution in [-0.4, -0.2) is 55.1 Å². The van der Waals surface area contributed by atoms with Gasteiger partial charge in [0, 0.05) is 65.2 Å². The highest BCUT2D eigenvalue weighted by Gasteiger charge is 2.41. The predicted octanol–water partition coefficient (Wildman–Crippen LogP) is -0.667. The molecule has 5 heterocycles. The molecular weight excluding hydrogens is 360 g/mol. The second kappa shape index (κ2) is 5.91. The van der Waals surface area contributed by atoms with Gasteiger partial charge < -0.3 is 9.80 Å². The van der Waals surface area contributed by atoms with E-state index in [0.29, 0.717) is 17.7 Å². The molecule has 0 bridgehead atoms. The molecule has 3 aromatic rings. The van der Waals surface area contributed by atoms with Crippen LogP contribution in [0.5, 0.6) is 0 Å². The smallest absolute Gasteiger partial charge is 0.332 e. The Kier molecular flexibility index (Phi) is 3.58. The minimum Gasteiger partial charge on any atom is -0.357 e. The van der Waals surface area contributed by atoms with Gasteiger partial charge in [0.25, 0.3) is 5.56 Å². The SMILES string of the molecule is Cn1c(N2CC3CN(c4ncnc5c4cnn5C)CC3C2)cc(=O)n(C)c1=O. The van der Waals surface area contributed by atoms with Crippen LogP contribution in [0.1, 0.15) is 0 Å². The topological polar surface area (TPSA) is 94.1 Å². The van der Waals surface area contributed by atoms with Crippen LogP contribution in [0.3, 0.4) is 0 Å². The van der Waals surface area contributed by atoms with E-state index in [0.717, 1.165) is 47.6 Å². The highest BCUT2D eigenvalue weighted by molar-refractivity contribution is 5.86. The Morgan fingerprint density at radius 3 is 2.32 bits per heavy atom. The van der Waals surface area contributed by atoms with Crippen LogP contribution in [0.25, 0.3) is 11.0 Å². The molecule has 146 valence electrons. The maximum atomic E-state index is 12.2. The Morgan fingerprint density at radius 2 is 1.61 bits per heavy atom. The summed E-state index contributed by atoms with van der Waals surface area (Å²) < 4.78 is 4.45. The van der Waals surface area contributed by atoms with E-state index in [4.69, 9.17) is 0 Å². The summed E-state index contributed by atoms with van der Waals surface area (Å²) in [5.74, 6) is 2.55. The second-order valence-corrected chi connectivity index (χ2v) is 7.77. The van der Waals surface area contributed by atoms with Crippen molar-refractivity contribution in [3.63, 3.8) is 0 Å². The fraction of sp³-hybridized carbons (Fsp3) is 0.500. The summed E-state index contributed by atoms with van der Waals surface area (Å²) >= 11 is 0. The van der Waals surface area contributed by atoms with Gasteiger partial charge >= 0.3 is 5.69 Å². The van der Waals surface area contributed by atoms with Crippen molar-refractivity contribution in [1.29, 1.82) is 0 Å². The maximum absolute atomic E-state index is 12.2. The summed E-state index contributed by atoms with van der Waals surface area (Å²) in [7, 11) is 5.10. The predicted molar refractivity (Wildman–Crippen MR) is 105 cm³/mol. The van der Waals surface area contributed by atoms with E-state index in [-0.39, 0.29) is 11.2 Å². The van der Waals surface area contributed by atoms with Crippen molar-refractivity contribution >= 4 is 22.7 Å². The summed E-state index contributed by atoms with van der Waals surface area (Å²) in [5.41, 5.74) is 0.275. The Balaban J connectivity index is 1.40. The van der Waals surface area contributed by atoms with Gasteiger partial charge in [-0.25, -0.2) is 14.8 Å². The highest BCUT2D eigenvalue weighted by Crippen LogP contribution is 2.36. The maximum Gasteiger partial charge on any atom is 0.332 e. The van der Waals surface area contributed by atoms with Gasteiger partial charge in [0.15, 0.2) is 5.65 Å². The molecule has 0 radical (unpaired) electrons. The van der Waals surface area contributed by atoms with Gasteiger partial charge in [0.1, 0.15) is 18.0 Å². The van der Waals surface area contributed by atoms with Crippen molar-refractivity contribution in [1.82, 2.24) is 28.9 Å². The third kappa shape index (κ3) is 2.36. The highest BCUT2D eigenvalue weighted by atomic mass is 16.2. The van der Waals surface area contributed by atoms with E-state index >= 15 is 0 Å². The zero-order valence-electron chi connectivity index (χ0n) is 16.1. The molecule has 0 aromatic carbocycles. The first-order chi connectivity index (χ1) is 13.4. The van der Waals surface area contributed by atoms with Crippen molar-refractivity contribution in [3.8, 4) is 0 Å². The van der Waals surface area contributed by atoms with Crippen LogP contribution in [0.15, 0.2) is 28.2 Å². The van der Waals surface area contributed by atoms with Crippen LogP contribution in [0.2, 0.25) is 0 Å². The zero-order chi connectivity index (χ0) is 19.6. The summed E-state index contributed by atoms with van der Waals surface area (Å²) in [4.78, 5) is 37.6. The molecular formula is C18H22N8O2. The van der Waals surface area contributed by atoms with Gasteiger partial charge in [-0.15, -0.1) is 0 Å². The minimum atomic E-state index is -0.291. The van der Waals surface area contributed by atoms with Gasteiger partial charge in [0.2, 0.25) is 0 Å². The number of fused-ring (bicyclic) bond motifs is 2. The first-order valence-electron chi connectivity index (χ1n) is 9.33. The van der Waals surface area contributed by atoms with E-state index in [1.807, 2.05) is 13.2 Å². The van der Waals surface area contributed by atoms with Gasteiger partial charge in [-0.2, -0.15) is 5.10 Å². The molecule has 0 amide bonds. The Bertz CT molecular complexity index is 1180. The summed E-state index contributed by atoms with van der Waals surface area (Å²) in [6.07, 6.45) is 3.41. The van der Waals surface area contributed by atoms with Gasteiger partial charge in [0.05, 0.1) is 11.6 Å². The van der Waals surface area contributed by atoms with E-state index < -0.39 is 0 Å². The van der Waals surface area contributed by atoms with Gasteiger partial charge in [-0.1, -0.05) is 0 Å². The third-order valence-corrected chi connectivity index (χ3v) is 6.12. The Hall–Kier alpha value is -3.17. The number of nitrogens with zero attached hydrogens (tertiary/aromatic N) is 8. The number of hydrogen-bond acceptors (Lipinski definition) is 7. The first-order valence-corrected chi connectivity index (χ1v) is 9.33. The molecule has 2 aliphatic rings. The molecule has 2 atom stereocenters. The summed E-state index contributed by atoms with van der Waals surface area (Å²) in [6, 6.07) is 1.56. The average Bonchev–Trinajstić information content (AvgIpc) is 3.36. The molecule has 3 aromatic heterocycles. The monoisotopic (exact) mass is 382 g/mol. The molecule has 0 aliphatic carbocycles. The van der Waals surface area contributed by atoms with E-state index in [2.05, 4.69) is 24.9 Å². The molecule has 0 N–H and O–H groups in total. The van der Waals surface area contributed by atoms with Crippen LogP contribution >= 0.6 is 0 Å². The lowest BCUT2D eigenvalue weighted by Crippen LogP contribution is -2.40. The number of rotatable bonds is 2. The lowest BCUT2D eigenvalue weighted by atomic mass is 10.0. The van der Waals surface area contributed by atoms with Crippen LogP contribution < -0.4 is 21.0 Å². The molecule has 10 nitrogen and oxygen atoms in total. The lowest BCUT2D eigenvalue weighted by Gasteiger charge is -2.25. The minimum absolute atomic E-state index is 0.267. The molecule has 10 heteroatoms. The van der Waals surface area contributed by atoms with E-state index in [1.54, 1.807) is 28.7 Å². The molecule has 0 spiro atoms. The number of aromatic nitrogens is 6. The van der Waals surface area contributed by atoms with E-state index in [1.165, 1.54) is 7.05 Å². The van der Waals surface area contributed by atoms with Crippen LogP contribution in [0.4, 0.5) is 11.6 Å². The molecule has 0 saturated carbocycles. The number of anilines is 2. The average molecular weight is 382 g/mol. The van der Waals surface area contributed by atoms with Gasteiger partial charge in [-0.3, -0.25) is 18.6 Å². The van der Waals surface area contributed by atoms with Crippen molar-refractivity contribution < 1.29 is 0 Å². The Labute approximate surface area is 160 Å². The molecule has 28 heavy (non-hydrogen) atoms. The summed E-state index contributed by atoms with van der Waals surface area (Å²) in [6.45, 7) is 3.42. The fourth-order valence-corrected chi connectivity index (χ4v) is 4.58. The summed E-state index contributed by atoms with van der Waals surface area (Å²) in [5, 5.41) is 5.27. The number of hydrogen-bond donors (Lipinski definition) is 0.